The molecule has 1 aliphatic carbocycles. The van der Waals surface area contributed by atoms with E-state index in [9.17, 15) is 29.1 Å². The Morgan fingerprint density at radius 2 is 1.71 bits per heavy atom. The van der Waals surface area contributed by atoms with Crippen LogP contribution in [-0.2, 0) is 25.5 Å². The summed E-state index contributed by atoms with van der Waals surface area (Å²) in [5, 5.41) is 17.3. The van der Waals surface area contributed by atoms with Crippen molar-refractivity contribution in [2.24, 2.45) is 29.1 Å². The lowest BCUT2D eigenvalue weighted by molar-refractivity contribution is -0.147. The molecule has 2 saturated heterocycles. The molecule has 0 unspecified atom stereocenters. The molecule has 2 aliphatic heterocycles. The van der Waals surface area contributed by atoms with E-state index in [1.165, 1.54) is 11.3 Å². The number of alkyl carbamates (subject to hydrolysis) is 1. The Morgan fingerprint density at radius 1 is 1.05 bits per heavy atom. The summed E-state index contributed by atoms with van der Waals surface area (Å²) in [5.41, 5.74) is 1.82. The minimum atomic E-state index is -0.941. The largest absolute Gasteiger partial charge is 0.481 e. The highest BCUT2D eigenvalue weighted by molar-refractivity contribution is 7.09. The molecule has 1 aromatic heterocycles. The zero-order valence-corrected chi connectivity index (χ0v) is 35.7. The third-order valence-electron chi connectivity index (χ3n) is 12.4. The first-order valence-electron chi connectivity index (χ1n) is 20.5. The van der Waals surface area contributed by atoms with Gasteiger partial charge in [0.1, 0.15) is 16.5 Å². The first-order valence-corrected chi connectivity index (χ1v) is 21.4. The number of amides is 3. The van der Waals surface area contributed by atoms with Gasteiger partial charge in [0.15, 0.2) is 6.10 Å². The Labute approximate surface area is 337 Å². The van der Waals surface area contributed by atoms with Crippen LogP contribution in [-0.4, -0.2) is 94.9 Å². The van der Waals surface area contributed by atoms with Crippen molar-refractivity contribution in [3.8, 4) is 0 Å². The van der Waals surface area contributed by atoms with Gasteiger partial charge in [0.2, 0.25) is 5.91 Å². The number of benzene rings is 1. The number of carboxylic acid groups (broad SMARTS) is 1. The number of hydrogen-bond acceptors (Lipinski definition) is 9. The van der Waals surface area contributed by atoms with E-state index in [-0.39, 0.29) is 59.9 Å². The molecule has 0 spiro atoms. The lowest BCUT2D eigenvalue weighted by Crippen LogP contribution is -2.56. The van der Waals surface area contributed by atoms with Crippen LogP contribution in [0.5, 0.6) is 0 Å². The van der Waals surface area contributed by atoms with Crippen LogP contribution in [0.15, 0.2) is 29.6 Å². The normalized spacial score (nSPS) is 21.4. The van der Waals surface area contributed by atoms with Crippen molar-refractivity contribution in [2.75, 3.05) is 27.2 Å². The number of fused-ring (bicyclic) bond motifs is 3. The maximum absolute atomic E-state index is 14.5. The number of hydrogen-bond donors (Lipinski definition) is 3. The molecule has 3 fully saturated rings. The fourth-order valence-electron chi connectivity index (χ4n) is 8.53. The minimum Gasteiger partial charge on any atom is -0.481 e. The number of rotatable bonds is 20. The number of nitrogens with one attached hydrogen (secondary N) is 2. The highest BCUT2D eigenvalue weighted by atomic mass is 32.1. The number of ketones is 1. The standard InChI is InChI=1S/C43H65N5O7S/c1-10-28(6)33(22-37(49)43-18-16-32(17-19-43)47(8)25-43)40(51)48(9)35(26(3)4)23-36(55-42(54)44-11-2)39-46-34(24-56-39)38(50)45-31(20-29(7)41(52)53)21-30-14-12-27(5)13-15-30/h12-15,24,26,28-29,31-33,35-36H,10-11,16-23,25H2,1-9H3,(H,44,54)(H,45,50)(H,52,53)/t28-,29-,31+,32?,33-,35+,36+,43?/m0/s1. The predicted octanol–water partition coefficient (Wildman–Crippen LogP) is 7.06. The molecule has 3 aliphatic rings. The van der Waals surface area contributed by atoms with Crippen molar-refractivity contribution in [1.29, 1.82) is 0 Å². The van der Waals surface area contributed by atoms with Gasteiger partial charge < -0.3 is 30.3 Å². The Bertz CT molecular complexity index is 1650. The van der Waals surface area contributed by atoms with Crippen molar-refractivity contribution in [3.63, 3.8) is 0 Å². The number of ether oxygens (including phenoxy) is 1. The summed E-state index contributed by atoms with van der Waals surface area (Å²) < 4.78 is 5.95. The van der Waals surface area contributed by atoms with Crippen molar-refractivity contribution in [1.82, 2.24) is 25.4 Å². The lowest BCUT2D eigenvalue weighted by atomic mass is 9.63. The van der Waals surface area contributed by atoms with Gasteiger partial charge in [-0.25, -0.2) is 9.78 Å². The number of aromatic nitrogens is 1. The van der Waals surface area contributed by atoms with Gasteiger partial charge in [-0.2, -0.15) is 0 Å². The zero-order valence-electron chi connectivity index (χ0n) is 34.9. The van der Waals surface area contributed by atoms with Gasteiger partial charge in [0.05, 0.1) is 5.92 Å². The first-order chi connectivity index (χ1) is 26.5. The molecule has 310 valence electrons. The van der Waals surface area contributed by atoms with Crippen LogP contribution in [0.2, 0.25) is 0 Å². The van der Waals surface area contributed by atoms with E-state index in [2.05, 4.69) is 34.5 Å². The second kappa shape index (κ2) is 20.0. The van der Waals surface area contributed by atoms with E-state index in [0.29, 0.717) is 24.0 Å². The van der Waals surface area contributed by atoms with Gasteiger partial charge in [0, 0.05) is 67.8 Å². The Morgan fingerprint density at radius 3 is 2.29 bits per heavy atom. The Kier molecular flexibility index (Phi) is 16.1. The van der Waals surface area contributed by atoms with E-state index in [4.69, 9.17) is 4.74 Å². The topological polar surface area (TPSA) is 158 Å². The van der Waals surface area contributed by atoms with Gasteiger partial charge in [0.25, 0.3) is 5.91 Å². The van der Waals surface area contributed by atoms with E-state index < -0.39 is 42.0 Å². The summed E-state index contributed by atoms with van der Waals surface area (Å²) in [6, 6.07) is 7.60. The van der Waals surface area contributed by atoms with E-state index in [1.807, 2.05) is 52.0 Å². The number of aryl methyl sites for hydroxylation is 1. The second-order valence-corrected chi connectivity index (χ2v) is 17.8. The predicted molar refractivity (Wildman–Crippen MR) is 218 cm³/mol. The Hall–Kier alpha value is -3.84. The van der Waals surface area contributed by atoms with Crippen molar-refractivity contribution < 1.29 is 33.8 Å². The maximum Gasteiger partial charge on any atom is 0.407 e. The average molecular weight is 796 g/mol. The van der Waals surface area contributed by atoms with Gasteiger partial charge in [-0.1, -0.05) is 70.9 Å². The van der Waals surface area contributed by atoms with Crippen molar-refractivity contribution >= 4 is 41.0 Å². The molecule has 2 aromatic rings. The summed E-state index contributed by atoms with van der Waals surface area (Å²) in [7, 11) is 3.88. The third-order valence-corrected chi connectivity index (χ3v) is 13.3. The SMILES string of the molecule is CCNC(=O)O[C@H](C[C@H](C(C)C)N(C)C(=O)[C@@H](CC(=O)C12CCC(CC1)N(C)C2)[C@@H](C)CC)c1nc(C(=O)N[C@@H](Cc2ccc(C)cc2)C[C@H](C)C(=O)O)cs1. The molecule has 6 atom stereocenters. The highest BCUT2D eigenvalue weighted by Gasteiger charge is 2.49. The van der Waals surface area contributed by atoms with Crippen LogP contribution in [0.25, 0.3) is 0 Å². The number of Topliss-reactive ketones (excluding diaryl/α,β-unsaturated/α-hetero) is 1. The summed E-state index contributed by atoms with van der Waals surface area (Å²) in [6.45, 7) is 14.6. The molecular formula is C43H65N5O7S. The van der Waals surface area contributed by atoms with Crippen LogP contribution < -0.4 is 10.6 Å². The first kappa shape index (κ1) is 44.9. The lowest BCUT2D eigenvalue weighted by Gasteiger charge is -2.51. The number of carbonyl (C=O) groups is 5. The zero-order chi connectivity index (χ0) is 41.3. The van der Waals surface area contributed by atoms with E-state index in [0.717, 1.165) is 49.8 Å². The summed E-state index contributed by atoms with van der Waals surface area (Å²) >= 11 is 1.19. The average Bonchev–Trinajstić information content (AvgIpc) is 3.66. The molecular weight excluding hydrogens is 731 g/mol. The smallest absolute Gasteiger partial charge is 0.407 e. The molecule has 3 amide bonds. The fraction of sp³-hybridized carbons (Fsp3) is 0.674. The quantitative estimate of drug-likeness (QED) is 0.128. The number of carbonyl (C=O) groups excluding carboxylic acids is 4. The molecule has 56 heavy (non-hydrogen) atoms. The van der Waals surface area contributed by atoms with E-state index >= 15 is 0 Å². The van der Waals surface area contributed by atoms with Crippen molar-refractivity contribution in [3.05, 3.63) is 51.5 Å². The number of carboxylic acids is 1. The third kappa shape index (κ3) is 11.4. The number of thiazole rings is 1. The van der Waals surface area contributed by atoms with Crippen molar-refractivity contribution in [2.45, 2.75) is 130 Å². The molecule has 0 radical (unpaired) electrons. The number of aliphatic carboxylic acids is 1. The van der Waals surface area contributed by atoms with E-state index in [1.54, 1.807) is 31.2 Å². The highest BCUT2D eigenvalue weighted by Crippen LogP contribution is 2.46. The van der Waals surface area contributed by atoms with Crippen LogP contribution in [0, 0.1) is 36.0 Å². The number of nitrogens with zero attached hydrogens (tertiary/aromatic N) is 3. The minimum absolute atomic E-state index is 0.00787. The summed E-state index contributed by atoms with van der Waals surface area (Å²) in [6.07, 6.45) is 4.17. The molecule has 12 nitrogen and oxygen atoms in total. The molecule has 3 heterocycles. The fourth-order valence-corrected chi connectivity index (χ4v) is 9.36. The second-order valence-electron chi connectivity index (χ2n) is 16.9. The summed E-state index contributed by atoms with van der Waals surface area (Å²) in [4.78, 5) is 75.7. The monoisotopic (exact) mass is 795 g/mol. The Balaban J connectivity index is 1.55. The van der Waals surface area contributed by atoms with Gasteiger partial charge in [-0.3, -0.25) is 19.2 Å². The molecule has 3 N–H and O–H groups in total. The van der Waals surface area contributed by atoms with Gasteiger partial charge in [-0.05, 0) is 76.8 Å². The molecule has 1 aromatic carbocycles. The molecule has 2 bridgehead atoms. The van der Waals surface area contributed by atoms with Gasteiger partial charge in [-0.15, -0.1) is 11.3 Å². The molecule has 5 rings (SSSR count). The summed E-state index contributed by atoms with van der Waals surface area (Å²) in [5.74, 6) is -2.50. The number of piperidine rings is 2. The van der Waals surface area contributed by atoms with Crippen LogP contribution in [0.1, 0.15) is 126 Å². The molecule has 1 saturated carbocycles. The van der Waals surface area contributed by atoms with Gasteiger partial charge >= 0.3 is 12.1 Å². The van der Waals surface area contributed by atoms with Crippen LogP contribution in [0.3, 0.4) is 0 Å². The van der Waals surface area contributed by atoms with Crippen LogP contribution >= 0.6 is 11.3 Å². The molecule has 13 heteroatoms. The maximum atomic E-state index is 14.5. The van der Waals surface area contributed by atoms with Crippen LogP contribution in [0.4, 0.5) is 4.79 Å².